The summed E-state index contributed by atoms with van der Waals surface area (Å²) in [5.41, 5.74) is 3.43. The lowest BCUT2D eigenvalue weighted by molar-refractivity contribution is -0.139. The molecule has 0 radical (unpaired) electrons. The number of hydrogen-bond acceptors (Lipinski definition) is 3. The molecule has 1 rings (SSSR count). The standard InChI is InChI=1S/C18H24O3/c1-13(12-16(20-5)17(19)21-6)11-14-7-9-15(10-8-14)18(2,3)4/h7-12H,1-6H3. The zero-order valence-corrected chi connectivity index (χ0v) is 13.7. The van der Waals surface area contributed by atoms with Gasteiger partial charge >= 0.3 is 5.97 Å². The predicted molar refractivity (Wildman–Crippen MR) is 85.9 cm³/mol. The topological polar surface area (TPSA) is 35.5 Å². The van der Waals surface area contributed by atoms with Gasteiger partial charge in [0.25, 0.3) is 0 Å². The molecule has 0 amide bonds. The van der Waals surface area contributed by atoms with Gasteiger partial charge in [-0.2, -0.15) is 0 Å². The molecule has 0 bridgehead atoms. The van der Waals surface area contributed by atoms with E-state index < -0.39 is 5.97 Å². The highest BCUT2D eigenvalue weighted by atomic mass is 16.6. The number of hydrogen-bond donors (Lipinski definition) is 0. The normalized spacial score (nSPS) is 13.0. The van der Waals surface area contributed by atoms with Crippen LogP contribution in [0.3, 0.4) is 0 Å². The molecule has 3 heteroatoms. The molecular weight excluding hydrogens is 264 g/mol. The minimum absolute atomic E-state index is 0.144. The molecule has 3 nitrogen and oxygen atoms in total. The van der Waals surface area contributed by atoms with Crippen molar-refractivity contribution in [3.05, 3.63) is 52.8 Å². The van der Waals surface area contributed by atoms with Crippen LogP contribution in [0.4, 0.5) is 0 Å². The van der Waals surface area contributed by atoms with E-state index >= 15 is 0 Å². The maximum Gasteiger partial charge on any atom is 0.373 e. The van der Waals surface area contributed by atoms with Gasteiger partial charge in [-0.25, -0.2) is 4.79 Å². The SMILES string of the molecule is COC(=O)C(=CC(C)=Cc1ccc(C(C)(C)C)cc1)OC. The van der Waals surface area contributed by atoms with E-state index in [9.17, 15) is 4.79 Å². The van der Waals surface area contributed by atoms with E-state index in [1.54, 1.807) is 6.08 Å². The molecule has 1 aromatic rings. The average Bonchev–Trinajstić information content (AvgIpc) is 2.43. The van der Waals surface area contributed by atoms with Crippen LogP contribution < -0.4 is 0 Å². The van der Waals surface area contributed by atoms with E-state index in [2.05, 4.69) is 49.8 Å². The smallest absolute Gasteiger partial charge is 0.373 e. The maximum atomic E-state index is 11.4. The largest absolute Gasteiger partial charge is 0.490 e. The van der Waals surface area contributed by atoms with Crippen molar-refractivity contribution in [1.82, 2.24) is 0 Å². The Morgan fingerprint density at radius 1 is 1.05 bits per heavy atom. The first-order chi connectivity index (χ1) is 9.77. The molecule has 0 aliphatic heterocycles. The van der Waals surface area contributed by atoms with Gasteiger partial charge in [0.15, 0.2) is 0 Å². The van der Waals surface area contributed by atoms with E-state index in [-0.39, 0.29) is 11.2 Å². The second kappa shape index (κ2) is 7.11. The van der Waals surface area contributed by atoms with E-state index in [1.165, 1.54) is 19.8 Å². The van der Waals surface area contributed by atoms with Crippen LogP contribution >= 0.6 is 0 Å². The summed E-state index contributed by atoms with van der Waals surface area (Å²) in [7, 11) is 2.79. The fourth-order valence-electron chi connectivity index (χ4n) is 1.89. The van der Waals surface area contributed by atoms with Crippen LogP contribution in [0.2, 0.25) is 0 Å². The second-order valence-electron chi connectivity index (χ2n) is 5.96. The molecule has 0 unspecified atom stereocenters. The van der Waals surface area contributed by atoms with Crippen LogP contribution in [-0.2, 0) is 19.7 Å². The first-order valence-electron chi connectivity index (χ1n) is 6.90. The Hall–Kier alpha value is -2.03. The van der Waals surface area contributed by atoms with Gasteiger partial charge in [-0.05, 0) is 35.1 Å². The zero-order chi connectivity index (χ0) is 16.0. The monoisotopic (exact) mass is 288 g/mol. The molecule has 0 aromatic heterocycles. The summed E-state index contributed by atoms with van der Waals surface area (Å²) < 4.78 is 9.67. The van der Waals surface area contributed by atoms with E-state index in [0.29, 0.717) is 0 Å². The molecule has 0 aliphatic carbocycles. The number of methoxy groups -OCH3 is 2. The molecule has 0 aliphatic rings. The third-order valence-electron chi connectivity index (χ3n) is 3.14. The minimum atomic E-state index is -0.478. The molecule has 114 valence electrons. The van der Waals surface area contributed by atoms with Gasteiger partial charge in [0.05, 0.1) is 14.2 Å². The van der Waals surface area contributed by atoms with Gasteiger partial charge < -0.3 is 9.47 Å². The number of allylic oxidation sites excluding steroid dienone is 2. The number of carbonyl (C=O) groups is 1. The first kappa shape index (κ1) is 17.0. The summed E-state index contributed by atoms with van der Waals surface area (Å²) in [5.74, 6) is -0.286. The number of carbonyl (C=O) groups excluding carboxylic acids is 1. The first-order valence-corrected chi connectivity index (χ1v) is 6.90. The lowest BCUT2D eigenvalue weighted by Crippen LogP contribution is -2.10. The zero-order valence-electron chi connectivity index (χ0n) is 13.7. The molecule has 0 saturated carbocycles. The van der Waals surface area contributed by atoms with Crippen molar-refractivity contribution in [3.63, 3.8) is 0 Å². The maximum absolute atomic E-state index is 11.4. The van der Waals surface area contributed by atoms with Crippen molar-refractivity contribution in [3.8, 4) is 0 Å². The third-order valence-corrected chi connectivity index (χ3v) is 3.14. The third kappa shape index (κ3) is 5.10. The number of benzene rings is 1. The van der Waals surface area contributed by atoms with Gasteiger partial charge in [0.2, 0.25) is 5.76 Å². The van der Waals surface area contributed by atoms with Crippen molar-refractivity contribution in [1.29, 1.82) is 0 Å². The number of rotatable bonds is 4. The quantitative estimate of drug-likeness (QED) is 0.362. The van der Waals surface area contributed by atoms with Crippen LogP contribution in [0.5, 0.6) is 0 Å². The van der Waals surface area contributed by atoms with E-state index in [0.717, 1.165) is 11.1 Å². The number of esters is 1. The van der Waals surface area contributed by atoms with Crippen molar-refractivity contribution >= 4 is 12.0 Å². The van der Waals surface area contributed by atoms with Crippen LogP contribution in [0.1, 0.15) is 38.8 Å². The Kier molecular flexibility index (Phi) is 5.77. The minimum Gasteiger partial charge on any atom is -0.490 e. The highest BCUT2D eigenvalue weighted by Crippen LogP contribution is 2.23. The Morgan fingerprint density at radius 2 is 1.62 bits per heavy atom. The lowest BCUT2D eigenvalue weighted by Gasteiger charge is -2.18. The fraction of sp³-hybridized carbons (Fsp3) is 0.389. The van der Waals surface area contributed by atoms with Crippen LogP contribution in [0, 0.1) is 0 Å². The van der Waals surface area contributed by atoms with Crippen LogP contribution in [0.25, 0.3) is 6.08 Å². The Balaban J connectivity index is 2.97. The predicted octanol–water partition coefficient (Wildman–Crippen LogP) is 4.09. The van der Waals surface area contributed by atoms with Gasteiger partial charge in [-0.3, -0.25) is 0 Å². The molecule has 0 heterocycles. The highest BCUT2D eigenvalue weighted by molar-refractivity contribution is 5.87. The summed E-state index contributed by atoms with van der Waals surface area (Å²) in [5, 5.41) is 0. The summed E-state index contributed by atoms with van der Waals surface area (Å²) in [4.78, 5) is 11.4. The van der Waals surface area contributed by atoms with Crippen molar-refractivity contribution in [2.24, 2.45) is 0 Å². The summed E-state index contributed by atoms with van der Waals surface area (Å²) >= 11 is 0. The molecule has 0 fully saturated rings. The number of ether oxygens (including phenoxy) is 2. The molecule has 0 saturated heterocycles. The molecule has 0 atom stereocenters. The van der Waals surface area contributed by atoms with Gasteiger partial charge in [-0.1, -0.05) is 51.1 Å². The Morgan fingerprint density at radius 3 is 2.05 bits per heavy atom. The highest BCUT2D eigenvalue weighted by Gasteiger charge is 2.12. The van der Waals surface area contributed by atoms with E-state index in [1.807, 2.05) is 13.0 Å². The Bertz CT molecular complexity index is 543. The van der Waals surface area contributed by atoms with Crippen molar-refractivity contribution in [2.45, 2.75) is 33.1 Å². The van der Waals surface area contributed by atoms with Crippen molar-refractivity contribution < 1.29 is 14.3 Å². The molecule has 1 aromatic carbocycles. The molecular formula is C18H24O3. The molecule has 21 heavy (non-hydrogen) atoms. The molecule has 0 spiro atoms. The van der Waals surface area contributed by atoms with Crippen LogP contribution in [-0.4, -0.2) is 20.2 Å². The van der Waals surface area contributed by atoms with Crippen LogP contribution in [0.15, 0.2) is 41.7 Å². The average molecular weight is 288 g/mol. The van der Waals surface area contributed by atoms with Gasteiger partial charge in [0, 0.05) is 0 Å². The second-order valence-corrected chi connectivity index (χ2v) is 5.96. The summed E-state index contributed by atoms with van der Waals surface area (Å²) in [6.45, 7) is 8.48. The lowest BCUT2D eigenvalue weighted by atomic mass is 9.86. The van der Waals surface area contributed by atoms with Gasteiger partial charge in [-0.15, -0.1) is 0 Å². The Labute approximate surface area is 127 Å². The van der Waals surface area contributed by atoms with Gasteiger partial charge in [0.1, 0.15) is 0 Å². The summed E-state index contributed by atoms with van der Waals surface area (Å²) in [6, 6.07) is 8.39. The van der Waals surface area contributed by atoms with Crippen molar-refractivity contribution in [2.75, 3.05) is 14.2 Å². The fourth-order valence-corrected chi connectivity index (χ4v) is 1.89. The molecule has 0 N–H and O–H groups in total. The van der Waals surface area contributed by atoms with E-state index in [4.69, 9.17) is 4.74 Å². The summed E-state index contributed by atoms with van der Waals surface area (Å²) in [6.07, 6.45) is 3.66.